The molecule has 8 heteroatoms. The summed E-state index contributed by atoms with van der Waals surface area (Å²) in [4.78, 5) is 50.3. The molecule has 0 saturated heterocycles. The van der Waals surface area contributed by atoms with Gasteiger partial charge in [0.05, 0.1) is 6.10 Å². The molecule has 0 unspecified atom stereocenters. The first-order valence-electron chi connectivity index (χ1n) is 13.0. The minimum absolute atomic E-state index is 0.0430. The fourth-order valence-electron chi connectivity index (χ4n) is 8.01. The van der Waals surface area contributed by atoms with Gasteiger partial charge < -0.3 is 14.6 Å². The van der Waals surface area contributed by atoms with Gasteiger partial charge in [-0.2, -0.15) is 0 Å². The highest BCUT2D eigenvalue weighted by Crippen LogP contribution is 2.71. The number of esters is 2. The van der Waals surface area contributed by atoms with Crippen molar-refractivity contribution in [1.29, 1.82) is 0 Å². The Morgan fingerprint density at radius 3 is 2.44 bits per heavy atom. The fraction of sp³-hybridized carbons (Fsp3) is 0.714. The van der Waals surface area contributed by atoms with Crippen LogP contribution in [0.15, 0.2) is 23.8 Å². The summed E-state index contributed by atoms with van der Waals surface area (Å²) in [7, 11) is 0. The average Bonchev–Trinajstić information content (AvgIpc) is 3.05. The maximum absolute atomic E-state index is 17.4. The lowest BCUT2D eigenvalue weighted by atomic mass is 9.44. The number of ketones is 2. The second-order valence-corrected chi connectivity index (χ2v) is 11.4. The quantitative estimate of drug-likeness (QED) is 0.548. The minimum atomic E-state index is -2.05. The van der Waals surface area contributed by atoms with Crippen LogP contribution in [0.2, 0.25) is 0 Å². The molecule has 0 radical (unpaired) electrons. The number of allylic oxidation sites excluding steroid dienone is 4. The van der Waals surface area contributed by atoms with E-state index in [0.717, 1.165) is 0 Å². The summed E-state index contributed by atoms with van der Waals surface area (Å²) in [5.41, 5.74) is -5.26. The molecule has 8 atom stereocenters. The van der Waals surface area contributed by atoms with Gasteiger partial charge in [0.25, 0.3) is 0 Å². The summed E-state index contributed by atoms with van der Waals surface area (Å²) in [5, 5.41) is 11.5. The monoisotopic (exact) mass is 504 g/mol. The maximum atomic E-state index is 17.4. The third-order valence-corrected chi connectivity index (χ3v) is 9.81. The Labute approximate surface area is 211 Å². The van der Waals surface area contributed by atoms with E-state index in [1.54, 1.807) is 33.8 Å². The van der Waals surface area contributed by atoms with Gasteiger partial charge >= 0.3 is 11.9 Å². The van der Waals surface area contributed by atoms with Gasteiger partial charge in [-0.3, -0.25) is 19.2 Å². The summed E-state index contributed by atoms with van der Waals surface area (Å²) in [5.74, 6) is -3.31. The molecule has 0 aromatic rings. The minimum Gasteiger partial charge on any atom is -0.457 e. The molecular formula is C28H37FO7. The van der Waals surface area contributed by atoms with Crippen LogP contribution in [0.1, 0.15) is 73.1 Å². The van der Waals surface area contributed by atoms with Gasteiger partial charge in [-0.05, 0) is 50.7 Å². The van der Waals surface area contributed by atoms with Crippen LogP contribution in [0.5, 0.6) is 0 Å². The van der Waals surface area contributed by atoms with E-state index in [4.69, 9.17) is 9.47 Å². The number of aliphatic hydroxyl groups is 1. The molecule has 3 fully saturated rings. The third kappa shape index (κ3) is 3.39. The number of ether oxygens (including phenoxy) is 2. The molecule has 0 aromatic heterocycles. The first-order chi connectivity index (χ1) is 16.8. The van der Waals surface area contributed by atoms with Crippen LogP contribution in [0, 0.1) is 28.6 Å². The molecule has 0 aliphatic heterocycles. The van der Waals surface area contributed by atoms with E-state index < -0.39 is 64.4 Å². The van der Waals surface area contributed by atoms with Gasteiger partial charge in [0.1, 0.15) is 0 Å². The van der Waals surface area contributed by atoms with Crippen molar-refractivity contribution in [2.24, 2.45) is 28.6 Å². The van der Waals surface area contributed by atoms with Crippen LogP contribution in [-0.2, 0) is 28.7 Å². The number of rotatable bonds is 6. The van der Waals surface area contributed by atoms with Crippen LogP contribution >= 0.6 is 0 Å². The zero-order valence-electron chi connectivity index (χ0n) is 21.8. The van der Waals surface area contributed by atoms with Crippen molar-refractivity contribution >= 4 is 23.5 Å². The summed E-state index contributed by atoms with van der Waals surface area (Å²) < 4.78 is 28.5. The molecule has 0 spiro atoms. The van der Waals surface area contributed by atoms with Crippen molar-refractivity contribution < 1.29 is 38.1 Å². The van der Waals surface area contributed by atoms with Gasteiger partial charge in [0, 0.05) is 35.5 Å². The first kappa shape index (κ1) is 26.7. The molecule has 4 aliphatic carbocycles. The first-order valence-corrected chi connectivity index (χ1v) is 13.0. The largest absolute Gasteiger partial charge is 0.457 e. The SMILES string of the molecule is CCC(=O)OCC(=O)[C@@]1(OC(=O)CC)[C@@H](C)C[C@@H]2[C@H]3CCC4=CC(=O)C=C[C@]4(C)[C@@]3(F)[C@H](O)C[C@@]21C. The normalized spacial score (nSPS) is 43.1. The summed E-state index contributed by atoms with van der Waals surface area (Å²) in [6.07, 6.45) is 4.32. The second kappa shape index (κ2) is 8.89. The third-order valence-electron chi connectivity index (χ3n) is 9.81. The number of carbonyl (C=O) groups excluding carboxylic acids is 4. The lowest BCUT2D eigenvalue weighted by Crippen LogP contribution is -2.70. The van der Waals surface area contributed by atoms with Crippen LogP contribution in [-0.4, -0.2) is 52.6 Å². The van der Waals surface area contributed by atoms with Crippen LogP contribution in [0.3, 0.4) is 0 Å². The van der Waals surface area contributed by atoms with Crippen LogP contribution in [0.25, 0.3) is 0 Å². The topological polar surface area (TPSA) is 107 Å². The lowest BCUT2D eigenvalue weighted by Gasteiger charge is -2.62. The molecule has 0 aromatic carbocycles. The molecule has 4 rings (SSSR count). The van der Waals surface area contributed by atoms with E-state index in [0.29, 0.717) is 24.8 Å². The van der Waals surface area contributed by atoms with E-state index in [2.05, 4.69) is 0 Å². The molecule has 7 nitrogen and oxygen atoms in total. The Bertz CT molecular complexity index is 1050. The van der Waals surface area contributed by atoms with E-state index in [-0.39, 0.29) is 31.0 Å². The smallest absolute Gasteiger partial charge is 0.306 e. The van der Waals surface area contributed by atoms with E-state index in [9.17, 15) is 24.3 Å². The Balaban J connectivity index is 1.80. The lowest BCUT2D eigenvalue weighted by molar-refractivity contribution is -0.228. The van der Waals surface area contributed by atoms with Gasteiger partial charge in [-0.25, -0.2) is 4.39 Å². The van der Waals surface area contributed by atoms with Crippen LogP contribution < -0.4 is 0 Å². The molecule has 4 aliphatic rings. The predicted octanol–water partition coefficient (Wildman–Crippen LogP) is 3.82. The Morgan fingerprint density at radius 2 is 1.81 bits per heavy atom. The molecule has 0 heterocycles. The average molecular weight is 505 g/mol. The fourth-order valence-corrected chi connectivity index (χ4v) is 8.01. The molecule has 36 heavy (non-hydrogen) atoms. The highest BCUT2D eigenvalue weighted by Gasteiger charge is 2.77. The standard InChI is InChI=1S/C28H37FO7/c1-6-23(33)35-15-22(32)28(36-24(34)7-2)16(3)12-20-19-9-8-17-13-18(30)10-11-25(17,4)27(19,29)21(31)14-26(20,28)5/h10-11,13,16,19-21,31H,6-9,12,14-15H2,1-5H3/t16-,19+,20+,21+,25-,26-,27-,28-/m0/s1. The number of alkyl halides is 1. The van der Waals surface area contributed by atoms with Crippen molar-refractivity contribution in [3.8, 4) is 0 Å². The van der Waals surface area contributed by atoms with Gasteiger partial charge in [-0.15, -0.1) is 0 Å². The van der Waals surface area contributed by atoms with Gasteiger partial charge in [0.2, 0.25) is 5.78 Å². The number of Topliss-reactive ketones (excluding diaryl/α,β-unsaturated/α-hetero) is 1. The predicted molar refractivity (Wildman–Crippen MR) is 128 cm³/mol. The molecular weight excluding hydrogens is 467 g/mol. The number of hydrogen-bond acceptors (Lipinski definition) is 7. The van der Waals surface area contributed by atoms with Crippen molar-refractivity contribution in [3.63, 3.8) is 0 Å². The highest BCUT2D eigenvalue weighted by molar-refractivity contribution is 6.01. The highest BCUT2D eigenvalue weighted by atomic mass is 19.1. The van der Waals surface area contributed by atoms with Crippen molar-refractivity contribution in [1.82, 2.24) is 0 Å². The second-order valence-electron chi connectivity index (χ2n) is 11.4. The molecule has 3 saturated carbocycles. The summed E-state index contributed by atoms with van der Waals surface area (Å²) >= 11 is 0. The van der Waals surface area contributed by atoms with E-state index in [1.165, 1.54) is 12.2 Å². The molecule has 0 bridgehead atoms. The Morgan fingerprint density at radius 1 is 1.14 bits per heavy atom. The number of aliphatic hydroxyl groups excluding tert-OH is 1. The van der Waals surface area contributed by atoms with E-state index >= 15 is 4.39 Å². The van der Waals surface area contributed by atoms with Gasteiger partial charge in [-0.1, -0.05) is 39.3 Å². The van der Waals surface area contributed by atoms with Crippen molar-refractivity contribution in [2.45, 2.75) is 90.5 Å². The Kier molecular flexibility index (Phi) is 6.60. The molecule has 0 amide bonds. The molecule has 1 N–H and O–H groups in total. The summed E-state index contributed by atoms with van der Waals surface area (Å²) in [6.45, 7) is 8.05. The number of fused-ring (bicyclic) bond motifs is 5. The Hall–Kier alpha value is -2.35. The van der Waals surface area contributed by atoms with Crippen molar-refractivity contribution in [3.05, 3.63) is 23.8 Å². The summed E-state index contributed by atoms with van der Waals surface area (Å²) in [6, 6.07) is 0. The van der Waals surface area contributed by atoms with Gasteiger partial charge in [0.15, 0.2) is 23.7 Å². The maximum Gasteiger partial charge on any atom is 0.306 e. The number of halogens is 1. The zero-order chi connectivity index (χ0) is 26.7. The van der Waals surface area contributed by atoms with Crippen molar-refractivity contribution in [2.75, 3.05) is 6.61 Å². The molecule has 198 valence electrons. The number of hydrogen-bond donors (Lipinski definition) is 1. The van der Waals surface area contributed by atoms with E-state index in [1.807, 2.05) is 6.92 Å². The number of carbonyl (C=O) groups is 4. The van der Waals surface area contributed by atoms with Crippen LogP contribution in [0.4, 0.5) is 4.39 Å². The zero-order valence-corrected chi connectivity index (χ0v) is 21.8.